The Morgan fingerprint density at radius 3 is 2.76 bits per heavy atom. The van der Waals surface area contributed by atoms with Gasteiger partial charge in [-0.1, -0.05) is 31.0 Å². The Hall–Kier alpha value is -0.940. The van der Waals surface area contributed by atoms with E-state index in [1.165, 1.54) is 18.2 Å². The average molecular weight is 322 g/mol. The molecule has 1 fully saturated rings. The van der Waals surface area contributed by atoms with Gasteiger partial charge in [0.2, 0.25) is 0 Å². The highest BCUT2D eigenvalue weighted by Gasteiger charge is 2.38. The number of alkyl halides is 3. The van der Waals surface area contributed by atoms with Crippen LogP contribution in [0.15, 0.2) is 18.2 Å². The van der Waals surface area contributed by atoms with E-state index in [1.807, 2.05) is 6.92 Å². The molecular weight excluding hydrogens is 303 g/mol. The summed E-state index contributed by atoms with van der Waals surface area (Å²) in [5.74, 6) is 0.0744. The van der Waals surface area contributed by atoms with Crippen molar-refractivity contribution in [1.82, 2.24) is 5.32 Å². The zero-order valence-electron chi connectivity index (χ0n) is 11.8. The van der Waals surface area contributed by atoms with Crippen LogP contribution in [0.5, 0.6) is 5.75 Å². The number of ether oxygens (including phenoxy) is 1. The van der Waals surface area contributed by atoms with Crippen LogP contribution in [0.1, 0.15) is 31.7 Å². The number of rotatable bonds is 5. The van der Waals surface area contributed by atoms with E-state index in [0.717, 1.165) is 32.4 Å². The summed E-state index contributed by atoms with van der Waals surface area (Å²) in [6, 6.07) is 4.08. The van der Waals surface area contributed by atoms with Gasteiger partial charge in [0.15, 0.2) is 0 Å². The Bertz CT molecular complexity index is 472. The SMILES string of the molecule is CCC[C@H](Oc1cccc(Cl)c1C(F)(F)F)[C@@H]1CCNC1. The molecule has 0 aromatic heterocycles. The molecule has 6 heteroatoms. The van der Waals surface area contributed by atoms with E-state index < -0.39 is 11.7 Å². The number of hydrogen-bond acceptors (Lipinski definition) is 2. The molecule has 2 rings (SSSR count). The third-order valence-corrected chi connectivity index (χ3v) is 4.05. The molecular formula is C15H19ClF3NO. The van der Waals surface area contributed by atoms with Gasteiger partial charge in [0.05, 0.1) is 5.02 Å². The summed E-state index contributed by atoms with van der Waals surface area (Å²) in [6.45, 7) is 3.67. The van der Waals surface area contributed by atoms with Crippen molar-refractivity contribution in [2.24, 2.45) is 5.92 Å². The van der Waals surface area contributed by atoms with Gasteiger partial charge in [-0.15, -0.1) is 0 Å². The van der Waals surface area contributed by atoms with E-state index in [1.54, 1.807) is 0 Å². The molecule has 0 bridgehead atoms. The number of nitrogens with one attached hydrogen (secondary N) is 1. The molecule has 1 aromatic carbocycles. The van der Waals surface area contributed by atoms with Crippen molar-refractivity contribution in [3.05, 3.63) is 28.8 Å². The molecule has 0 radical (unpaired) electrons. The molecule has 0 saturated carbocycles. The van der Waals surface area contributed by atoms with E-state index in [0.29, 0.717) is 0 Å². The first-order valence-corrected chi connectivity index (χ1v) is 7.54. The molecule has 2 atom stereocenters. The monoisotopic (exact) mass is 321 g/mol. The summed E-state index contributed by atoms with van der Waals surface area (Å²) in [5, 5.41) is 2.91. The minimum atomic E-state index is -4.52. The fourth-order valence-electron chi connectivity index (χ4n) is 2.71. The van der Waals surface area contributed by atoms with Crippen LogP contribution < -0.4 is 10.1 Å². The van der Waals surface area contributed by atoms with Crippen molar-refractivity contribution in [3.63, 3.8) is 0 Å². The second-order valence-electron chi connectivity index (χ2n) is 5.31. The van der Waals surface area contributed by atoms with E-state index in [9.17, 15) is 13.2 Å². The van der Waals surface area contributed by atoms with Crippen molar-refractivity contribution >= 4 is 11.6 Å². The van der Waals surface area contributed by atoms with Crippen LogP contribution in [-0.4, -0.2) is 19.2 Å². The maximum absolute atomic E-state index is 13.1. The largest absolute Gasteiger partial charge is 0.489 e. The number of halogens is 4. The molecule has 2 nitrogen and oxygen atoms in total. The van der Waals surface area contributed by atoms with Gasteiger partial charge in [-0.3, -0.25) is 0 Å². The van der Waals surface area contributed by atoms with E-state index >= 15 is 0 Å². The van der Waals surface area contributed by atoms with Crippen molar-refractivity contribution in [1.29, 1.82) is 0 Å². The Morgan fingerprint density at radius 2 is 2.19 bits per heavy atom. The lowest BCUT2D eigenvalue weighted by atomic mass is 9.97. The molecule has 1 aliphatic heterocycles. The summed E-state index contributed by atoms with van der Waals surface area (Å²) >= 11 is 5.72. The average Bonchev–Trinajstić information content (AvgIpc) is 2.90. The minimum absolute atomic E-state index is 0.166. The van der Waals surface area contributed by atoms with Crippen LogP contribution in [0.2, 0.25) is 5.02 Å². The van der Waals surface area contributed by atoms with Crippen LogP contribution in [-0.2, 0) is 6.18 Å². The van der Waals surface area contributed by atoms with Crippen molar-refractivity contribution in [2.75, 3.05) is 13.1 Å². The van der Waals surface area contributed by atoms with Crippen molar-refractivity contribution in [3.8, 4) is 5.75 Å². The van der Waals surface area contributed by atoms with Crippen LogP contribution in [0.25, 0.3) is 0 Å². The number of benzene rings is 1. The van der Waals surface area contributed by atoms with E-state index in [-0.39, 0.29) is 22.8 Å². The lowest BCUT2D eigenvalue weighted by Crippen LogP contribution is -2.29. The molecule has 1 saturated heterocycles. The maximum Gasteiger partial charge on any atom is 0.421 e. The predicted molar refractivity (Wildman–Crippen MR) is 76.8 cm³/mol. The topological polar surface area (TPSA) is 21.3 Å². The minimum Gasteiger partial charge on any atom is -0.489 e. The summed E-state index contributed by atoms with van der Waals surface area (Å²) in [7, 11) is 0. The molecule has 1 N–H and O–H groups in total. The fourth-order valence-corrected chi connectivity index (χ4v) is 2.98. The van der Waals surface area contributed by atoms with Crippen molar-refractivity contribution < 1.29 is 17.9 Å². The van der Waals surface area contributed by atoms with Gasteiger partial charge in [-0.25, -0.2) is 0 Å². The predicted octanol–water partition coefficient (Wildman–Crippen LogP) is 4.52. The lowest BCUT2D eigenvalue weighted by Gasteiger charge is -2.26. The highest BCUT2D eigenvalue weighted by atomic mass is 35.5. The first kappa shape index (κ1) is 16.4. The maximum atomic E-state index is 13.1. The van der Waals surface area contributed by atoms with Crippen LogP contribution in [0.3, 0.4) is 0 Å². The van der Waals surface area contributed by atoms with Crippen molar-refractivity contribution in [2.45, 2.75) is 38.5 Å². The van der Waals surface area contributed by atoms with Crippen LogP contribution in [0.4, 0.5) is 13.2 Å². The lowest BCUT2D eigenvalue weighted by molar-refractivity contribution is -0.139. The zero-order chi connectivity index (χ0) is 15.5. The summed E-state index contributed by atoms with van der Waals surface area (Å²) in [5.41, 5.74) is -0.876. The third-order valence-electron chi connectivity index (χ3n) is 3.73. The zero-order valence-corrected chi connectivity index (χ0v) is 12.6. The summed E-state index contributed by atoms with van der Waals surface area (Å²) < 4.78 is 45.2. The first-order valence-electron chi connectivity index (χ1n) is 7.16. The summed E-state index contributed by atoms with van der Waals surface area (Å²) in [6.07, 6.45) is -2.21. The molecule has 21 heavy (non-hydrogen) atoms. The Morgan fingerprint density at radius 1 is 1.43 bits per heavy atom. The fraction of sp³-hybridized carbons (Fsp3) is 0.600. The Balaban J connectivity index is 2.26. The van der Waals surface area contributed by atoms with Gasteiger partial charge in [-0.2, -0.15) is 13.2 Å². The highest BCUT2D eigenvalue weighted by Crippen LogP contribution is 2.41. The van der Waals surface area contributed by atoms with Crippen LogP contribution in [0, 0.1) is 5.92 Å². The molecule has 1 aliphatic rings. The third kappa shape index (κ3) is 4.04. The molecule has 1 heterocycles. The van der Waals surface area contributed by atoms with Gasteiger partial charge in [-0.05, 0) is 31.5 Å². The molecule has 1 aromatic rings. The van der Waals surface area contributed by atoms with Gasteiger partial charge in [0.1, 0.15) is 17.4 Å². The molecule has 0 amide bonds. The Labute approximate surface area is 127 Å². The first-order chi connectivity index (χ1) is 9.93. The second-order valence-corrected chi connectivity index (χ2v) is 5.72. The second kappa shape index (κ2) is 6.88. The van der Waals surface area contributed by atoms with Gasteiger partial charge >= 0.3 is 6.18 Å². The number of hydrogen-bond donors (Lipinski definition) is 1. The van der Waals surface area contributed by atoms with Gasteiger partial charge < -0.3 is 10.1 Å². The highest BCUT2D eigenvalue weighted by molar-refractivity contribution is 6.31. The Kier molecular flexibility index (Phi) is 5.38. The quantitative estimate of drug-likeness (QED) is 0.861. The van der Waals surface area contributed by atoms with Gasteiger partial charge in [0.25, 0.3) is 0 Å². The van der Waals surface area contributed by atoms with Crippen LogP contribution >= 0.6 is 11.6 Å². The molecule has 0 aliphatic carbocycles. The van der Waals surface area contributed by atoms with E-state index in [2.05, 4.69) is 5.32 Å². The smallest absolute Gasteiger partial charge is 0.421 e. The molecule has 118 valence electrons. The normalized spacial score (nSPS) is 20.5. The standard InChI is InChI=1S/C15H19ClF3NO/c1-2-4-12(10-7-8-20-9-10)21-13-6-3-5-11(16)14(13)15(17,18)19/h3,5-6,10,12,20H,2,4,7-9H2,1H3/t10-,12+/m1/s1. The van der Waals surface area contributed by atoms with Gasteiger partial charge in [0, 0.05) is 12.5 Å². The molecule has 0 spiro atoms. The summed E-state index contributed by atoms with van der Waals surface area (Å²) in [4.78, 5) is 0. The van der Waals surface area contributed by atoms with E-state index in [4.69, 9.17) is 16.3 Å². The molecule has 0 unspecified atom stereocenters.